The van der Waals surface area contributed by atoms with Crippen LogP contribution in [0, 0.1) is 5.92 Å². The van der Waals surface area contributed by atoms with Crippen molar-refractivity contribution in [2.24, 2.45) is 17.4 Å². The molecule has 6 aromatic carbocycles. The largest absolute Gasteiger partial charge is 0.508 e. The highest BCUT2D eigenvalue weighted by molar-refractivity contribution is 6.35. The van der Waals surface area contributed by atoms with Gasteiger partial charge in [-0.15, -0.1) is 0 Å². The first-order chi connectivity index (χ1) is 54.9. The van der Waals surface area contributed by atoms with Crippen LogP contribution in [0.1, 0.15) is 111 Å². The lowest BCUT2D eigenvalue weighted by molar-refractivity contribution is -0.333. The molecule has 0 aromatic heterocycles. The molecule has 9 amide bonds. The molecule has 39 heteroatoms. The number of hydrogen-bond donors (Lipinski definition) is 20. The van der Waals surface area contributed by atoms with Crippen molar-refractivity contribution in [3.05, 3.63) is 157 Å². The first kappa shape index (κ1) is 86.7. The maximum Gasteiger partial charge on any atom is 0.248 e. The molecule has 22 N–H and O–H groups in total. The molecule has 0 radical (unpaired) electrons. The number of aromatic hydroxyl groups is 3. The van der Waals surface area contributed by atoms with Crippen LogP contribution in [0.2, 0.25) is 20.1 Å². The van der Waals surface area contributed by atoms with Gasteiger partial charge in [-0.2, -0.15) is 0 Å². The topological polar surface area (TPSA) is 551 Å². The van der Waals surface area contributed by atoms with E-state index in [9.17, 15) is 69.9 Å². The van der Waals surface area contributed by atoms with E-state index in [1.54, 1.807) is 12.1 Å². The number of aliphatic hydroxyl groups is 6. The summed E-state index contributed by atoms with van der Waals surface area (Å²) in [5.74, 6) is -16.0. The van der Waals surface area contributed by atoms with Crippen LogP contribution >= 0.6 is 46.4 Å². The van der Waals surface area contributed by atoms with Crippen LogP contribution in [0.25, 0.3) is 17.2 Å². The number of nitrogens with two attached hydrogens (primary N) is 2. The van der Waals surface area contributed by atoms with Crippen molar-refractivity contribution in [3.63, 3.8) is 0 Å². The molecule has 0 aliphatic carbocycles. The molecule has 7 heterocycles. The molecule has 18 atom stereocenters. The van der Waals surface area contributed by atoms with Crippen LogP contribution in [-0.2, 0) is 57.4 Å². The maximum atomic E-state index is 16.3. The fourth-order valence-electron chi connectivity index (χ4n) is 13.8. The highest BCUT2D eigenvalue weighted by Gasteiger charge is 2.52. The molecule has 7 aliphatic rings. The average Bonchev–Trinajstić information content (AvgIpc) is 0.767. The standard InChI is InChI=1S/C77H85Cl4N11O24/c1-30(2)18-44(84-5)69(104)91-60-62(99)34-8-13-48(42(80)20-34)112-50-22-36-23-51(66(50)116-76-67(65(102)64(101)52(29-93)114-76)115-55-28-77(4,83)68(103)31(3)111-55)113-49-14-9-35(21-43(49)81)63(100)61-75(110)90-59(71(106)86-17-16-85-54(98)15-10-32-6-11-37(78)24-41(32)79)40-25-38(94)26-47(96)56(40)39-19-33(7-12-46(39)95)57(72(107)92-61)89-73(108)58(36)88-70(105)45(27-53(82)97)87-74(60)109/h6-15,19-26,30-31,44-45,52,55,57-65,67-68,76,84,93-96,99-103H,16-18,27-29,83H2,1-5H3,(H2,82,97)(H,85,98)(H,86,106)(H,87,109)(H,88,105)(H,89,108)(H,90,110)(H,91,104)(H,92,107)/b15-10+/t31-,44+,45-,52+,55?,57+,58?,59?,60+,61-,62+,63+,64+,65-,67+,68+,76-,77-/m0/s1. The Kier molecular flexibility index (Phi) is 27.3. The van der Waals surface area contributed by atoms with Crippen LogP contribution in [0.15, 0.2) is 103 Å². The summed E-state index contributed by atoms with van der Waals surface area (Å²) in [7, 11) is 1.47. The molecule has 3 unspecified atom stereocenters. The molecule has 2 saturated heterocycles. The fourth-order valence-corrected chi connectivity index (χ4v) is 14.8. The van der Waals surface area contributed by atoms with E-state index in [-0.39, 0.29) is 64.3 Å². The van der Waals surface area contributed by atoms with Gasteiger partial charge in [-0.05, 0) is 139 Å². The van der Waals surface area contributed by atoms with Crippen LogP contribution in [0.3, 0.4) is 0 Å². The van der Waals surface area contributed by atoms with Crippen molar-refractivity contribution >= 4 is 106 Å². The minimum Gasteiger partial charge on any atom is -0.508 e. The number of hydrogen-bond acceptors (Lipinski definition) is 26. The Morgan fingerprint density at radius 3 is 1.93 bits per heavy atom. The summed E-state index contributed by atoms with van der Waals surface area (Å²) in [5.41, 5.74) is 8.67. The number of aliphatic hydroxyl groups excluding tert-OH is 6. The van der Waals surface area contributed by atoms with Gasteiger partial charge in [0.1, 0.15) is 95.5 Å². The van der Waals surface area contributed by atoms with E-state index >= 15 is 19.2 Å². The van der Waals surface area contributed by atoms with Crippen LogP contribution in [-0.4, -0.2) is 205 Å². The number of fused-ring (bicyclic) bond motifs is 15. The predicted octanol–water partition coefficient (Wildman–Crippen LogP) is 2.27. The minimum atomic E-state index is -2.37. The Labute approximate surface area is 681 Å². The Hall–Kier alpha value is -10.2. The molecular formula is C77H85Cl4N11O24. The molecule has 6 aromatic rings. The number of carbonyl (C=O) groups is 9. The summed E-state index contributed by atoms with van der Waals surface area (Å²) < 4.78 is 38.6. The number of amides is 9. The predicted molar refractivity (Wildman–Crippen MR) is 413 cm³/mol. The molecule has 13 rings (SSSR count). The highest BCUT2D eigenvalue weighted by Crippen LogP contribution is 2.50. The Morgan fingerprint density at radius 2 is 1.31 bits per heavy atom. The number of carbonyl (C=O) groups excluding carboxylic acids is 9. The lowest BCUT2D eigenvalue weighted by atomic mass is 9.86. The summed E-state index contributed by atoms with van der Waals surface area (Å²) in [5, 5.41) is 128. The Morgan fingerprint density at radius 1 is 0.681 bits per heavy atom. The average molecular weight is 1690 g/mol. The third-order valence-electron chi connectivity index (χ3n) is 19.9. The summed E-state index contributed by atoms with van der Waals surface area (Å²) in [6, 6.07) is 4.21. The van der Waals surface area contributed by atoms with Crippen molar-refractivity contribution in [3.8, 4) is 57.1 Å². The van der Waals surface area contributed by atoms with Gasteiger partial charge in [-0.25, -0.2) is 0 Å². The van der Waals surface area contributed by atoms with E-state index in [1.165, 1.54) is 45.2 Å². The van der Waals surface area contributed by atoms with Gasteiger partial charge >= 0.3 is 0 Å². The molecule has 620 valence electrons. The van der Waals surface area contributed by atoms with Crippen molar-refractivity contribution in [1.82, 2.24) is 47.9 Å². The third kappa shape index (κ3) is 19.6. The van der Waals surface area contributed by atoms with Crippen LogP contribution in [0.5, 0.6) is 46.0 Å². The monoisotopic (exact) mass is 1690 g/mol. The zero-order chi connectivity index (χ0) is 84.2. The second-order valence-electron chi connectivity index (χ2n) is 29.0. The number of likely N-dealkylation sites (N-methyl/N-ethyl adjacent to an activating group) is 1. The lowest BCUT2D eigenvalue weighted by Gasteiger charge is -2.47. The summed E-state index contributed by atoms with van der Waals surface area (Å²) >= 11 is 26.6. The molecule has 0 saturated carbocycles. The first-order valence-electron chi connectivity index (χ1n) is 36.3. The van der Waals surface area contributed by atoms with Gasteiger partial charge in [-0.3, -0.25) is 43.2 Å². The number of benzene rings is 6. The van der Waals surface area contributed by atoms with Gasteiger partial charge in [0.05, 0.1) is 41.3 Å². The highest BCUT2D eigenvalue weighted by atomic mass is 35.5. The van der Waals surface area contributed by atoms with E-state index in [2.05, 4.69) is 47.9 Å². The van der Waals surface area contributed by atoms with E-state index in [0.29, 0.717) is 10.6 Å². The second kappa shape index (κ2) is 36.5. The zero-order valence-electron chi connectivity index (χ0n) is 62.3. The van der Waals surface area contributed by atoms with Crippen LogP contribution in [0.4, 0.5) is 0 Å². The van der Waals surface area contributed by atoms with Crippen molar-refractivity contribution in [2.75, 3.05) is 26.7 Å². The molecule has 116 heavy (non-hydrogen) atoms. The normalized spacial score (nSPS) is 27.1. The van der Waals surface area contributed by atoms with Crippen molar-refractivity contribution < 1.29 is 118 Å². The van der Waals surface area contributed by atoms with Gasteiger partial charge in [0.15, 0.2) is 23.9 Å². The maximum absolute atomic E-state index is 16.3. The molecule has 7 aliphatic heterocycles. The van der Waals surface area contributed by atoms with E-state index < -0.39 is 243 Å². The van der Waals surface area contributed by atoms with Gasteiger partial charge in [0.2, 0.25) is 65.2 Å². The van der Waals surface area contributed by atoms with Gasteiger partial charge in [0.25, 0.3) is 0 Å². The Bertz CT molecular complexity index is 4830. The van der Waals surface area contributed by atoms with E-state index in [1.807, 2.05) is 13.8 Å². The molecule has 35 nitrogen and oxygen atoms in total. The SMILES string of the molecule is CN[C@H](CC(C)C)C(=O)N[C@H]1C(=O)N[C@@H](CC(N)=O)C(=O)NC2C(=O)N[C@H]3C(=O)N[C@H](C(=O)NC(C(=O)NCCNC(=O)/C=C/c4ccc(Cl)cc4Cl)c4cc(O)cc(O)c4-c4cc3ccc4O)[C@H](O)c3ccc(c(Cl)c3)Oc3cc2cc(c3O[C@@H]2O[C@H](CO)[C@@H](O)[C@H](O)[C@H]2OC2C[C@](C)(N)[C@H](O)[C@H](C)O2)Oc2ccc(cc2Cl)[C@H]1O. The number of nitrogens with one attached hydrogen (secondary N) is 9. The number of phenolic OH excluding ortho intramolecular Hbond substituents is 3. The smallest absolute Gasteiger partial charge is 0.248 e. The van der Waals surface area contributed by atoms with E-state index in [0.717, 1.165) is 72.8 Å². The van der Waals surface area contributed by atoms with Crippen molar-refractivity contribution in [1.29, 1.82) is 0 Å². The van der Waals surface area contributed by atoms with E-state index in [4.69, 9.17) is 86.3 Å². The summed E-state index contributed by atoms with van der Waals surface area (Å²) in [4.78, 5) is 133. The number of primary amides is 1. The summed E-state index contributed by atoms with van der Waals surface area (Å²) in [6.45, 7) is 4.99. The van der Waals surface area contributed by atoms with Crippen LogP contribution < -0.4 is 73.5 Å². The molecule has 2 fully saturated rings. The van der Waals surface area contributed by atoms with Gasteiger partial charge < -0.3 is 134 Å². The molecule has 11 bridgehead atoms. The molecule has 0 spiro atoms. The number of ether oxygens (including phenoxy) is 6. The quantitative estimate of drug-likeness (QED) is 0.0433. The van der Waals surface area contributed by atoms with Gasteiger partial charge in [-0.1, -0.05) is 84.5 Å². The number of phenols is 3. The number of rotatable bonds is 18. The zero-order valence-corrected chi connectivity index (χ0v) is 65.4. The minimum absolute atomic E-state index is 0.111. The molecular weight excluding hydrogens is 1600 g/mol. The third-order valence-corrected chi connectivity index (χ3v) is 21.0. The second-order valence-corrected chi connectivity index (χ2v) is 30.6. The Balaban J connectivity index is 1.10. The lowest BCUT2D eigenvalue weighted by Crippen LogP contribution is -2.64. The van der Waals surface area contributed by atoms with Crippen molar-refractivity contribution in [2.45, 2.75) is 156 Å². The first-order valence-corrected chi connectivity index (χ1v) is 37.8. The summed E-state index contributed by atoms with van der Waals surface area (Å²) in [6.07, 6.45) is -16.2. The van der Waals surface area contributed by atoms with Gasteiger partial charge in [0, 0.05) is 58.4 Å². The fraction of sp³-hybridized carbons (Fsp3) is 0.390. The number of halogens is 4.